The first kappa shape index (κ1) is 18.4. The Morgan fingerprint density at radius 3 is 2.81 bits per heavy atom. The van der Waals surface area contributed by atoms with Gasteiger partial charge in [-0.2, -0.15) is 0 Å². The summed E-state index contributed by atoms with van der Waals surface area (Å²) >= 11 is 0. The first-order valence-corrected chi connectivity index (χ1v) is 9.15. The van der Waals surface area contributed by atoms with Crippen molar-refractivity contribution in [3.8, 4) is 5.75 Å². The summed E-state index contributed by atoms with van der Waals surface area (Å²) in [7, 11) is 0. The smallest absolute Gasteiger partial charge is 0.220 e. The van der Waals surface area contributed by atoms with Gasteiger partial charge in [0.05, 0.1) is 6.20 Å². The number of nitrogens with one attached hydrogen (secondary N) is 1. The average Bonchev–Trinajstić information content (AvgIpc) is 2.64. The lowest BCUT2D eigenvalue weighted by Gasteiger charge is -2.41. The zero-order valence-corrected chi connectivity index (χ0v) is 15.5. The molecular formula is C21H27N3O2. The van der Waals surface area contributed by atoms with E-state index in [4.69, 9.17) is 0 Å². The molecule has 5 nitrogen and oxygen atoms in total. The topological polar surface area (TPSA) is 65.5 Å². The molecule has 5 heteroatoms. The van der Waals surface area contributed by atoms with E-state index in [1.165, 1.54) is 17.3 Å². The van der Waals surface area contributed by atoms with Crippen molar-refractivity contribution in [2.24, 2.45) is 0 Å². The number of rotatable bonds is 6. The fourth-order valence-corrected chi connectivity index (χ4v) is 3.40. The summed E-state index contributed by atoms with van der Waals surface area (Å²) in [5.74, 6) is 0.160. The lowest BCUT2D eigenvalue weighted by Crippen LogP contribution is -2.53. The molecule has 2 N–H and O–H groups in total. The highest BCUT2D eigenvalue weighted by Crippen LogP contribution is 2.25. The van der Waals surface area contributed by atoms with Crippen molar-refractivity contribution in [2.45, 2.75) is 45.2 Å². The summed E-state index contributed by atoms with van der Waals surface area (Å²) in [5, 5.41) is 12.5. The van der Waals surface area contributed by atoms with E-state index in [1.54, 1.807) is 12.3 Å². The van der Waals surface area contributed by atoms with Crippen molar-refractivity contribution < 1.29 is 9.90 Å². The molecule has 0 spiro atoms. The monoisotopic (exact) mass is 353 g/mol. The van der Waals surface area contributed by atoms with Gasteiger partial charge in [-0.25, -0.2) is 0 Å². The minimum absolute atomic E-state index is 0.0267. The molecular weight excluding hydrogens is 326 g/mol. The summed E-state index contributed by atoms with van der Waals surface area (Å²) in [6.07, 6.45) is 5.10. The van der Waals surface area contributed by atoms with Crippen LogP contribution in [0, 0.1) is 0 Å². The molecule has 2 aromatic rings. The van der Waals surface area contributed by atoms with Crippen molar-refractivity contribution in [3.63, 3.8) is 0 Å². The van der Waals surface area contributed by atoms with Gasteiger partial charge < -0.3 is 10.4 Å². The van der Waals surface area contributed by atoms with Gasteiger partial charge in [0.25, 0.3) is 0 Å². The minimum Gasteiger partial charge on any atom is -0.506 e. The maximum Gasteiger partial charge on any atom is 0.220 e. The van der Waals surface area contributed by atoms with Crippen LogP contribution in [0.2, 0.25) is 0 Å². The van der Waals surface area contributed by atoms with E-state index in [0.717, 1.165) is 25.1 Å². The predicted octanol–water partition coefficient (Wildman–Crippen LogP) is 2.67. The lowest BCUT2D eigenvalue weighted by molar-refractivity contribution is -0.121. The summed E-state index contributed by atoms with van der Waals surface area (Å²) in [5.41, 5.74) is 3.58. The first-order chi connectivity index (χ1) is 12.4. The van der Waals surface area contributed by atoms with Gasteiger partial charge in [0.2, 0.25) is 5.91 Å². The predicted molar refractivity (Wildman–Crippen MR) is 102 cm³/mol. The maximum absolute atomic E-state index is 12.2. The van der Waals surface area contributed by atoms with Gasteiger partial charge in [-0.05, 0) is 49.4 Å². The van der Waals surface area contributed by atoms with Gasteiger partial charge in [0.1, 0.15) is 5.75 Å². The van der Waals surface area contributed by atoms with Gasteiger partial charge in [-0.1, -0.05) is 24.3 Å². The average molecular weight is 353 g/mol. The molecule has 1 aromatic heterocycles. The molecule has 1 aliphatic heterocycles. The van der Waals surface area contributed by atoms with Gasteiger partial charge in [0, 0.05) is 37.8 Å². The molecule has 0 fully saturated rings. The molecule has 2 heterocycles. The van der Waals surface area contributed by atoms with Crippen molar-refractivity contribution in [1.29, 1.82) is 0 Å². The number of aromatic hydroxyl groups is 1. The quantitative estimate of drug-likeness (QED) is 0.838. The third kappa shape index (κ3) is 4.61. The number of fused-ring (bicyclic) bond motifs is 1. The third-order valence-electron chi connectivity index (χ3n) is 5.13. The molecule has 0 radical (unpaired) electrons. The Balaban J connectivity index is 1.49. The molecule has 3 rings (SSSR count). The zero-order valence-electron chi connectivity index (χ0n) is 15.5. The first-order valence-electron chi connectivity index (χ1n) is 9.15. The van der Waals surface area contributed by atoms with E-state index in [-0.39, 0.29) is 17.2 Å². The summed E-state index contributed by atoms with van der Waals surface area (Å²) in [6.45, 7) is 6.91. The van der Waals surface area contributed by atoms with Crippen LogP contribution in [-0.2, 0) is 24.2 Å². The standard InChI is InChI=1S/C21H27N3O2/c1-21(2,24-10-9-17-5-3-4-6-18(17)14-24)15-23-20(26)8-7-16-11-19(25)13-22-12-16/h3-6,11-13,25H,7-10,14-15H2,1-2H3,(H,23,26). The SMILES string of the molecule is CC(C)(CNC(=O)CCc1cncc(O)c1)N1CCc2ccccc2C1. The second-order valence-corrected chi connectivity index (χ2v) is 7.58. The molecule has 138 valence electrons. The van der Waals surface area contributed by atoms with Crippen LogP contribution in [0.15, 0.2) is 42.7 Å². The fraction of sp³-hybridized carbons (Fsp3) is 0.429. The Hall–Kier alpha value is -2.40. The maximum atomic E-state index is 12.2. The van der Waals surface area contributed by atoms with Crippen LogP contribution in [0.4, 0.5) is 0 Å². The summed E-state index contributed by atoms with van der Waals surface area (Å²) in [4.78, 5) is 18.6. The van der Waals surface area contributed by atoms with E-state index < -0.39 is 0 Å². The van der Waals surface area contributed by atoms with E-state index >= 15 is 0 Å². The van der Waals surface area contributed by atoms with E-state index in [9.17, 15) is 9.90 Å². The van der Waals surface area contributed by atoms with Crippen molar-refractivity contribution in [1.82, 2.24) is 15.2 Å². The molecule has 0 saturated heterocycles. The van der Waals surface area contributed by atoms with Crippen molar-refractivity contribution in [2.75, 3.05) is 13.1 Å². The van der Waals surface area contributed by atoms with Crippen LogP contribution in [0.1, 0.15) is 37.0 Å². The minimum atomic E-state index is -0.101. The number of benzene rings is 1. The number of carbonyl (C=O) groups excluding carboxylic acids is 1. The number of aryl methyl sites for hydroxylation is 1. The molecule has 1 aliphatic rings. The van der Waals surface area contributed by atoms with Crippen molar-refractivity contribution >= 4 is 5.91 Å². The lowest BCUT2D eigenvalue weighted by atomic mass is 9.94. The molecule has 0 atom stereocenters. The van der Waals surface area contributed by atoms with Gasteiger partial charge in [0.15, 0.2) is 0 Å². The number of carbonyl (C=O) groups is 1. The van der Waals surface area contributed by atoms with Crippen LogP contribution in [0.25, 0.3) is 0 Å². The number of amides is 1. The van der Waals surface area contributed by atoms with Gasteiger partial charge in [-0.3, -0.25) is 14.7 Å². The highest BCUT2D eigenvalue weighted by atomic mass is 16.3. The molecule has 1 amide bonds. The summed E-state index contributed by atoms with van der Waals surface area (Å²) in [6, 6.07) is 10.2. The van der Waals surface area contributed by atoms with Gasteiger partial charge in [-0.15, -0.1) is 0 Å². The Labute approximate surface area is 155 Å². The van der Waals surface area contributed by atoms with Gasteiger partial charge >= 0.3 is 0 Å². The van der Waals surface area contributed by atoms with E-state index in [2.05, 4.69) is 53.3 Å². The fourth-order valence-electron chi connectivity index (χ4n) is 3.40. The Morgan fingerprint density at radius 2 is 2.04 bits per heavy atom. The molecule has 0 bridgehead atoms. The number of hydrogen-bond acceptors (Lipinski definition) is 4. The number of pyridine rings is 1. The summed E-state index contributed by atoms with van der Waals surface area (Å²) < 4.78 is 0. The van der Waals surface area contributed by atoms with Crippen LogP contribution in [-0.4, -0.2) is 39.5 Å². The molecule has 1 aromatic carbocycles. The molecule has 0 aliphatic carbocycles. The van der Waals surface area contributed by atoms with Crippen LogP contribution in [0.3, 0.4) is 0 Å². The second kappa shape index (κ2) is 7.87. The number of aromatic nitrogens is 1. The highest BCUT2D eigenvalue weighted by Gasteiger charge is 2.29. The third-order valence-corrected chi connectivity index (χ3v) is 5.13. The Bertz CT molecular complexity index is 773. The van der Waals surface area contributed by atoms with Crippen LogP contribution >= 0.6 is 0 Å². The normalized spacial score (nSPS) is 14.7. The second-order valence-electron chi connectivity index (χ2n) is 7.58. The number of hydrogen-bond donors (Lipinski definition) is 2. The van der Waals surface area contributed by atoms with Crippen molar-refractivity contribution in [3.05, 3.63) is 59.4 Å². The molecule has 26 heavy (non-hydrogen) atoms. The zero-order chi connectivity index (χ0) is 18.6. The molecule has 0 saturated carbocycles. The largest absolute Gasteiger partial charge is 0.506 e. The Kier molecular flexibility index (Phi) is 5.57. The van der Waals surface area contributed by atoms with E-state index in [1.807, 2.05) is 0 Å². The van der Waals surface area contributed by atoms with E-state index in [0.29, 0.717) is 19.4 Å². The van der Waals surface area contributed by atoms with Crippen LogP contribution < -0.4 is 5.32 Å². The molecule has 0 unspecified atom stereocenters. The number of nitrogens with zero attached hydrogens (tertiary/aromatic N) is 2. The van der Waals surface area contributed by atoms with Crippen LogP contribution in [0.5, 0.6) is 5.75 Å². The highest BCUT2D eigenvalue weighted by molar-refractivity contribution is 5.76. The Morgan fingerprint density at radius 1 is 1.27 bits per heavy atom.